The molecule has 0 bridgehead atoms. The summed E-state index contributed by atoms with van der Waals surface area (Å²) in [6.45, 7) is 2.45. The molecular formula is C18H30N2O6S. The van der Waals surface area contributed by atoms with Crippen molar-refractivity contribution in [2.75, 3.05) is 46.1 Å². The van der Waals surface area contributed by atoms with Gasteiger partial charge in [-0.2, -0.15) is 0 Å². The number of benzene rings is 1. The number of carbonyl (C=O) groups is 1. The average Bonchev–Trinajstić information content (AvgIpc) is 2.95. The van der Waals surface area contributed by atoms with Crippen LogP contribution >= 0.6 is 0 Å². The van der Waals surface area contributed by atoms with E-state index in [1.54, 1.807) is 0 Å². The summed E-state index contributed by atoms with van der Waals surface area (Å²) in [4.78, 5) is 10.5. The van der Waals surface area contributed by atoms with Gasteiger partial charge in [-0.25, -0.2) is 12.7 Å². The van der Waals surface area contributed by atoms with Crippen molar-refractivity contribution in [3.05, 3.63) is 30.3 Å². The van der Waals surface area contributed by atoms with Gasteiger partial charge in [0.1, 0.15) is 5.75 Å². The van der Waals surface area contributed by atoms with Crippen molar-refractivity contribution in [1.82, 2.24) is 9.21 Å². The number of para-hydroxylation sites is 1. The van der Waals surface area contributed by atoms with Gasteiger partial charge in [-0.3, -0.25) is 4.79 Å². The Morgan fingerprint density at radius 3 is 2.44 bits per heavy atom. The third-order valence-corrected chi connectivity index (χ3v) is 6.31. The Labute approximate surface area is 161 Å². The molecule has 0 unspecified atom stereocenters. The zero-order valence-electron chi connectivity index (χ0n) is 15.9. The first-order valence-electron chi connectivity index (χ1n) is 8.86. The van der Waals surface area contributed by atoms with Crippen molar-refractivity contribution in [3.8, 4) is 5.75 Å². The molecule has 0 radical (unpaired) electrons. The summed E-state index contributed by atoms with van der Waals surface area (Å²) in [7, 11) is -0.213. The topological polar surface area (TPSA) is 107 Å². The number of sulfonamides is 1. The van der Waals surface area contributed by atoms with E-state index in [9.17, 15) is 13.5 Å². The van der Waals surface area contributed by atoms with E-state index in [1.165, 1.54) is 18.4 Å². The molecule has 1 aromatic carbocycles. The van der Waals surface area contributed by atoms with Gasteiger partial charge >= 0.3 is 0 Å². The fourth-order valence-corrected chi connectivity index (χ4v) is 4.02. The Hall–Kier alpha value is -1.68. The Balaban J connectivity index is 0.00000114. The molecule has 1 aliphatic heterocycles. The van der Waals surface area contributed by atoms with Crippen molar-refractivity contribution in [3.63, 3.8) is 0 Å². The SMILES string of the molecule is CN(C)S(=O)(=O)C[C@@H]1CN(CCCCOc2ccccc2)C[C@@H]1O.O=CO. The molecule has 1 fully saturated rings. The summed E-state index contributed by atoms with van der Waals surface area (Å²) < 4.78 is 30.8. The molecule has 9 heteroatoms. The number of hydrogen-bond acceptors (Lipinski definition) is 6. The summed E-state index contributed by atoms with van der Waals surface area (Å²) >= 11 is 0. The third-order valence-electron chi connectivity index (χ3n) is 4.34. The number of unbranched alkanes of at least 4 members (excludes halogenated alkanes) is 1. The lowest BCUT2D eigenvalue weighted by Gasteiger charge is -2.18. The number of aliphatic hydroxyl groups is 1. The highest BCUT2D eigenvalue weighted by atomic mass is 32.2. The van der Waals surface area contributed by atoms with Crippen LogP contribution in [-0.4, -0.2) is 86.5 Å². The molecule has 0 amide bonds. The van der Waals surface area contributed by atoms with E-state index in [2.05, 4.69) is 4.90 Å². The van der Waals surface area contributed by atoms with Gasteiger partial charge in [-0.15, -0.1) is 0 Å². The number of β-amino-alcohol motifs (C(OH)–C–C–N with tert-alkyl or cyclic N) is 1. The Kier molecular flexibility index (Phi) is 10.3. The third kappa shape index (κ3) is 8.70. The molecule has 2 rings (SSSR count). The molecule has 2 atom stereocenters. The van der Waals surface area contributed by atoms with Gasteiger partial charge in [0.15, 0.2) is 0 Å². The number of hydrogen-bond donors (Lipinski definition) is 2. The van der Waals surface area contributed by atoms with Crippen LogP contribution in [0.3, 0.4) is 0 Å². The Morgan fingerprint density at radius 2 is 1.85 bits per heavy atom. The van der Waals surface area contributed by atoms with E-state index >= 15 is 0 Å². The van der Waals surface area contributed by atoms with Crippen LogP contribution in [0, 0.1) is 5.92 Å². The van der Waals surface area contributed by atoms with Crippen LogP contribution in [0.4, 0.5) is 0 Å². The highest BCUT2D eigenvalue weighted by Crippen LogP contribution is 2.20. The molecule has 27 heavy (non-hydrogen) atoms. The molecule has 154 valence electrons. The molecule has 8 nitrogen and oxygen atoms in total. The average molecular weight is 403 g/mol. The second-order valence-corrected chi connectivity index (χ2v) is 8.85. The van der Waals surface area contributed by atoms with Crippen molar-refractivity contribution in [1.29, 1.82) is 0 Å². The quantitative estimate of drug-likeness (QED) is 0.463. The van der Waals surface area contributed by atoms with Crippen molar-refractivity contribution >= 4 is 16.5 Å². The predicted octanol–water partition coefficient (Wildman–Crippen LogP) is 0.731. The van der Waals surface area contributed by atoms with Gasteiger partial charge in [-0.1, -0.05) is 18.2 Å². The molecule has 1 aromatic rings. The molecule has 0 aromatic heterocycles. The van der Waals surface area contributed by atoms with E-state index in [0.717, 1.165) is 25.1 Å². The highest BCUT2D eigenvalue weighted by molar-refractivity contribution is 7.89. The van der Waals surface area contributed by atoms with E-state index in [0.29, 0.717) is 19.7 Å². The highest BCUT2D eigenvalue weighted by Gasteiger charge is 2.34. The van der Waals surface area contributed by atoms with Crippen LogP contribution in [0.1, 0.15) is 12.8 Å². The zero-order valence-corrected chi connectivity index (χ0v) is 16.7. The molecule has 0 spiro atoms. The molecule has 1 aliphatic rings. The van der Waals surface area contributed by atoms with E-state index in [-0.39, 0.29) is 18.1 Å². The van der Waals surface area contributed by atoms with Crippen molar-refractivity contribution < 1.29 is 28.2 Å². The van der Waals surface area contributed by atoms with Gasteiger partial charge in [0, 0.05) is 33.1 Å². The Morgan fingerprint density at radius 1 is 1.22 bits per heavy atom. The maximum atomic E-state index is 12.0. The fourth-order valence-electron chi connectivity index (χ4n) is 2.85. The number of rotatable bonds is 9. The molecule has 0 saturated carbocycles. The number of carboxylic acid groups (broad SMARTS) is 1. The van der Waals surface area contributed by atoms with Crippen LogP contribution in [0.25, 0.3) is 0 Å². The van der Waals surface area contributed by atoms with Crippen LogP contribution in [0.5, 0.6) is 5.75 Å². The lowest BCUT2D eigenvalue weighted by atomic mass is 10.1. The zero-order chi connectivity index (χ0) is 20.3. The predicted molar refractivity (Wildman–Crippen MR) is 103 cm³/mol. The number of ether oxygens (including phenoxy) is 1. The van der Waals surface area contributed by atoms with Gasteiger partial charge < -0.3 is 19.8 Å². The molecule has 2 N–H and O–H groups in total. The standard InChI is InChI=1S/C17H28N2O4S.CH2O2/c1-18(2)24(21,22)14-15-12-19(13-17(15)20)10-6-7-11-23-16-8-4-3-5-9-16;2-1-3/h3-5,8-9,15,17,20H,6-7,10-14H2,1-2H3;1H,(H,2,3)/t15-,17-;/m0./s1. The first kappa shape index (κ1) is 23.4. The first-order valence-corrected chi connectivity index (χ1v) is 10.5. The normalized spacial score (nSPS) is 20.1. The smallest absolute Gasteiger partial charge is 0.290 e. The molecule has 1 saturated heterocycles. The van der Waals surface area contributed by atoms with Crippen molar-refractivity contribution in [2.24, 2.45) is 5.92 Å². The Bertz CT molecular complexity index is 639. The molecule has 0 aliphatic carbocycles. The van der Waals surface area contributed by atoms with Crippen LogP contribution in [0.2, 0.25) is 0 Å². The minimum absolute atomic E-state index is 0.00872. The van der Waals surface area contributed by atoms with Gasteiger partial charge in [-0.05, 0) is 31.5 Å². The second kappa shape index (κ2) is 11.9. The summed E-state index contributed by atoms with van der Waals surface area (Å²) in [5, 5.41) is 17.0. The summed E-state index contributed by atoms with van der Waals surface area (Å²) in [5.74, 6) is 0.676. The molecular weight excluding hydrogens is 372 g/mol. The summed E-state index contributed by atoms with van der Waals surface area (Å²) in [6, 6.07) is 9.73. The van der Waals surface area contributed by atoms with Crippen molar-refractivity contribution in [2.45, 2.75) is 18.9 Å². The van der Waals surface area contributed by atoms with Gasteiger partial charge in [0.05, 0.1) is 18.5 Å². The number of likely N-dealkylation sites (tertiary alicyclic amines) is 1. The lowest BCUT2D eigenvalue weighted by Crippen LogP contribution is -2.33. The van der Waals surface area contributed by atoms with E-state index in [1.807, 2.05) is 30.3 Å². The second-order valence-electron chi connectivity index (χ2n) is 6.62. The number of aliphatic hydroxyl groups excluding tert-OH is 1. The minimum Gasteiger partial charge on any atom is -0.494 e. The summed E-state index contributed by atoms with van der Waals surface area (Å²) in [5.41, 5.74) is 0. The van der Waals surface area contributed by atoms with Crippen LogP contribution < -0.4 is 4.74 Å². The van der Waals surface area contributed by atoms with Crippen LogP contribution in [-0.2, 0) is 14.8 Å². The monoisotopic (exact) mass is 402 g/mol. The maximum Gasteiger partial charge on any atom is 0.290 e. The van der Waals surface area contributed by atoms with Gasteiger partial charge in [0.2, 0.25) is 10.0 Å². The maximum absolute atomic E-state index is 12.0. The fraction of sp³-hybridized carbons (Fsp3) is 0.611. The largest absolute Gasteiger partial charge is 0.494 e. The molecule has 1 heterocycles. The first-order chi connectivity index (χ1) is 12.8. The summed E-state index contributed by atoms with van der Waals surface area (Å²) in [6.07, 6.45) is 1.33. The lowest BCUT2D eigenvalue weighted by molar-refractivity contribution is -0.122. The van der Waals surface area contributed by atoms with E-state index in [4.69, 9.17) is 14.6 Å². The van der Waals surface area contributed by atoms with E-state index < -0.39 is 16.1 Å². The van der Waals surface area contributed by atoms with Crippen LogP contribution in [0.15, 0.2) is 30.3 Å². The number of nitrogens with zero attached hydrogens (tertiary/aromatic N) is 2. The minimum atomic E-state index is -3.27. The van der Waals surface area contributed by atoms with Gasteiger partial charge in [0.25, 0.3) is 6.47 Å².